The molecular weight excluding hydrogens is 269 g/mol. The maximum absolute atomic E-state index is 13.7. The number of ketones is 1. The summed E-state index contributed by atoms with van der Waals surface area (Å²) in [6.07, 6.45) is 5.09. The summed E-state index contributed by atoms with van der Waals surface area (Å²) in [5, 5.41) is 10.2. The number of benzene rings is 1. The topological polar surface area (TPSA) is 40.5 Å². The third kappa shape index (κ3) is 3.82. The van der Waals surface area contributed by atoms with Gasteiger partial charge in [0.1, 0.15) is 11.6 Å². The molecule has 0 aliphatic heterocycles. The number of phenolic OH excluding ortho intramolecular Hbond substituents is 1. The molecule has 1 aromatic rings. The van der Waals surface area contributed by atoms with Crippen LogP contribution in [0.25, 0.3) is 0 Å². The number of hydrogen-bond donors (Lipinski definition) is 1. The molecule has 0 saturated heterocycles. The lowest BCUT2D eigenvalue weighted by Gasteiger charge is -2.23. The Hall–Kier alpha value is -1.42. The summed E-state index contributed by atoms with van der Waals surface area (Å²) in [6.45, 7) is 3.91. The molecule has 3 rings (SSSR count). The van der Waals surface area contributed by atoms with Crippen LogP contribution in [0.15, 0.2) is 12.1 Å². The molecule has 2 fully saturated rings. The van der Waals surface area contributed by atoms with Crippen molar-refractivity contribution in [3.05, 3.63) is 29.1 Å². The van der Waals surface area contributed by atoms with E-state index in [1.807, 2.05) is 0 Å². The molecule has 4 heteroatoms. The number of Topliss-reactive ketones (excluding diaryl/α,β-unsaturated/α-hetero) is 1. The third-order valence-electron chi connectivity index (χ3n) is 4.35. The molecule has 2 aliphatic rings. The lowest BCUT2D eigenvalue weighted by atomic mass is 10.0. The van der Waals surface area contributed by atoms with Gasteiger partial charge in [-0.05, 0) is 56.6 Å². The summed E-state index contributed by atoms with van der Waals surface area (Å²) in [7, 11) is 0. The third-order valence-corrected chi connectivity index (χ3v) is 4.35. The minimum absolute atomic E-state index is 0.0551. The predicted molar refractivity (Wildman–Crippen MR) is 78.8 cm³/mol. The second-order valence-corrected chi connectivity index (χ2v) is 6.60. The van der Waals surface area contributed by atoms with Gasteiger partial charge in [0.15, 0.2) is 5.78 Å². The van der Waals surface area contributed by atoms with Crippen molar-refractivity contribution in [3.8, 4) is 5.75 Å². The van der Waals surface area contributed by atoms with Gasteiger partial charge in [-0.2, -0.15) is 0 Å². The highest BCUT2D eigenvalue weighted by atomic mass is 19.1. The summed E-state index contributed by atoms with van der Waals surface area (Å²) in [5.74, 6) is 0.703. The van der Waals surface area contributed by atoms with Crippen molar-refractivity contribution >= 4 is 5.78 Å². The van der Waals surface area contributed by atoms with Crippen LogP contribution < -0.4 is 0 Å². The number of halogens is 1. The van der Waals surface area contributed by atoms with Crippen molar-refractivity contribution < 1.29 is 14.3 Å². The fourth-order valence-electron chi connectivity index (χ4n) is 2.82. The van der Waals surface area contributed by atoms with Crippen LogP contribution in [0.5, 0.6) is 5.75 Å². The number of rotatable bonds is 7. The highest BCUT2D eigenvalue weighted by molar-refractivity contribution is 5.97. The lowest BCUT2D eigenvalue weighted by molar-refractivity contribution is 0.101. The zero-order valence-corrected chi connectivity index (χ0v) is 12.4. The number of carbonyl (C=O) groups is 1. The molecule has 114 valence electrons. The highest BCUT2D eigenvalue weighted by Gasteiger charge is 2.29. The molecule has 2 saturated carbocycles. The van der Waals surface area contributed by atoms with Crippen LogP contribution in [-0.2, 0) is 6.54 Å². The van der Waals surface area contributed by atoms with Crippen LogP contribution >= 0.6 is 0 Å². The first kappa shape index (κ1) is 14.5. The summed E-state index contributed by atoms with van der Waals surface area (Å²) >= 11 is 0. The lowest BCUT2D eigenvalue weighted by Crippen LogP contribution is -2.28. The Labute approximate surface area is 124 Å². The van der Waals surface area contributed by atoms with Crippen molar-refractivity contribution in [1.29, 1.82) is 0 Å². The van der Waals surface area contributed by atoms with Crippen LogP contribution in [0.3, 0.4) is 0 Å². The van der Waals surface area contributed by atoms with Gasteiger partial charge in [-0.15, -0.1) is 0 Å². The van der Waals surface area contributed by atoms with E-state index in [0.717, 1.165) is 31.0 Å². The molecule has 0 atom stereocenters. The smallest absolute Gasteiger partial charge is 0.163 e. The van der Waals surface area contributed by atoms with E-state index in [-0.39, 0.29) is 17.1 Å². The van der Waals surface area contributed by atoms with Gasteiger partial charge in [0.05, 0.1) is 5.56 Å². The molecule has 1 aromatic carbocycles. The van der Waals surface area contributed by atoms with E-state index in [2.05, 4.69) is 4.90 Å². The first-order valence-electron chi connectivity index (χ1n) is 7.77. The maximum atomic E-state index is 13.7. The van der Waals surface area contributed by atoms with Crippen LogP contribution in [0.4, 0.5) is 4.39 Å². The Morgan fingerprint density at radius 3 is 2.29 bits per heavy atom. The minimum atomic E-state index is -0.453. The molecule has 0 heterocycles. The zero-order valence-electron chi connectivity index (χ0n) is 12.4. The van der Waals surface area contributed by atoms with Gasteiger partial charge in [-0.25, -0.2) is 4.39 Å². The molecule has 0 aromatic heterocycles. The summed E-state index contributed by atoms with van der Waals surface area (Å²) < 4.78 is 13.7. The first-order valence-corrected chi connectivity index (χ1v) is 7.77. The van der Waals surface area contributed by atoms with Crippen molar-refractivity contribution in [1.82, 2.24) is 4.90 Å². The van der Waals surface area contributed by atoms with E-state index in [0.29, 0.717) is 12.1 Å². The van der Waals surface area contributed by atoms with Crippen LogP contribution in [0.2, 0.25) is 0 Å². The Kier molecular flexibility index (Phi) is 3.98. The number of nitrogens with zero attached hydrogens (tertiary/aromatic N) is 1. The molecule has 21 heavy (non-hydrogen) atoms. The van der Waals surface area contributed by atoms with E-state index in [1.165, 1.54) is 38.7 Å². The van der Waals surface area contributed by atoms with E-state index in [4.69, 9.17) is 0 Å². The molecule has 0 amide bonds. The van der Waals surface area contributed by atoms with Gasteiger partial charge in [0.2, 0.25) is 0 Å². The van der Waals surface area contributed by atoms with Crippen molar-refractivity contribution in [2.75, 3.05) is 13.1 Å². The fourth-order valence-corrected chi connectivity index (χ4v) is 2.82. The number of carbonyl (C=O) groups excluding carboxylic acids is 1. The van der Waals surface area contributed by atoms with Gasteiger partial charge in [0, 0.05) is 25.2 Å². The monoisotopic (exact) mass is 291 g/mol. The largest absolute Gasteiger partial charge is 0.507 e. The van der Waals surface area contributed by atoms with Gasteiger partial charge >= 0.3 is 0 Å². The molecule has 3 nitrogen and oxygen atoms in total. The van der Waals surface area contributed by atoms with Gasteiger partial charge in [-0.3, -0.25) is 9.69 Å². The first-order chi connectivity index (χ1) is 10.0. The Balaban J connectivity index is 1.78. The van der Waals surface area contributed by atoms with Crippen molar-refractivity contribution in [2.45, 2.75) is 39.2 Å². The summed E-state index contributed by atoms with van der Waals surface area (Å²) in [5.41, 5.74) is 0.615. The summed E-state index contributed by atoms with van der Waals surface area (Å²) in [6, 6.07) is 2.47. The molecule has 0 radical (unpaired) electrons. The van der Waals surface area contributed by atoms with Crippen LogP contribution in [0, 0.1) is 17.7 Å². The highest BCUT2D eigenvalue weighted by Crippen LogP contribution is 2.35. The number of phenols is 1. The predicted octanol–water partition coefficient (Wildman–Crippen LogP) is 3.36. The van der Waals surface area contributed by atoms with E-state index in [9.17, 15) is 14.3 Å². The number of hydrogen-bond acceptors (Lipinski definition) is 3. The number of aromatic hydroxyl groups is 1. The average Bonchev–Trinajstić information content (AvgIpc) is 3.29. The van der Waals surface area contributed by atoms with Gasteiger partial charge in [0.25, 0.3) is 0 Å². The molecule has 2 aliphatic carbocycles. The average molecular weight is 291 g/mol. The van der Waals surface area contributed by atoms with Gasteiger partial charge in [-0.1, -0.05) is 0 Å². The van der Waals surface area contributed by atoms with E-state index < -0.39 is 5.82 Å². The normalized spacial score (nSPS) is 18.2. The standard InChI is InChI=1S/C17H22FNO2/c1-11(20)16-7-15(18)6-14(17(16)21)10-19(8-12-2-3-12)9-13-4-5-13/h6-7,12-13,21H,2-5,8-10H2,1H3. The Morgan fingerprint density at radius 2 is 1.81 bits per heavy atom. The van der Waals surface area contributed by atoms with Crippen LogP contribution in [0.1, 0.15) is 48.5 Å². The second kappa shape index (κ2) is 5.76. The Morgan fingerprint density at radius 1 is 1.24 bits per heavy atom. The quantitative estimate of drug-likeness (QED) is 0.783. The van der Waals surface area contributed by atoms with Gasteiger partial charge < -0.3 is 5.11 Å². The minimum Gasteiger partial charge on any atom is -0.507 e. The van der Waals surface area contributed by atoms with Crippen molar-refractivity contribution in [3.63, 3.8) is 0 Å². The zero-order chi connectivity index (χ0) is 15.0. The molecular formula is C17H22FNO2. The molecule has 1 N–H and O–H groups in total. The molecule has 0 bridgehead atoms. The summed E-state index contributed by atoms with van der Waals surface area (Å²) in [4.78, 5) is 13.8. The Bertz CT molecular complexity index is 536. The second-order valence-electron chi connectivity index (χ2n) is 6.60. The molecule has 0 spiro atoms. The fraction of sp³-hybridized carbons (Fsp3) is 0.588. The van der Waals surface area contributed by atoms with E-state index in [1.54, 1.807) is 0 Å². The van der Waals surface area contributed by atoms with Crippen molar-refractivity contribution in [2.24, 2.45) is 11.8 Å². The maximum Gasteiger partial charge on any atom is 0.163 e. The SMILES string of the molecule is CC(=O)c1cc(F)cc(CN(CC2CC2)CC2CC2)c1O. The molecule has 0 unspecified atom stereocenters. The van der Waals surface area contributed by atoms with Crippen LogP contribution in [-0.4, -0.2) is 28.9 Å². The van der Waals surface area contributed by atoms with E-state index >= 15 is 0 Å².